The lowest BCUT2D eigenvalue weighted by Crippen LogP contribution is -2.38. The van der Waals surface area contributed by atoms with E-state index in [2.05, 4.69) is 24.3 Å². The van der Waals surface area contributed by atoms with Crippen LogP contribution in [0.1, 0.15) is 28.7 Å². The van der Waals surface area contributed by atoms with Crippen LogP contribution in [0.5, 0.6) is 0 Å². The quantitative estimate of drug-likeness (QED) is 0.0832. The van der Waals surface area contributed by atoms with E-state index < -0.39 is 22.3 Å². The summed E-state index contributed by atoms with van der Waals surface area (Å²) in [5.74, 6) is 1.67. The second kappa shape index (κ2) is 17.5. The Morgan fingerprint density at radius 2 is 1.02 bits per heavy atom. The monoisotopic (exact) mass is 622 g/mol. The minimum atomic E-state index is -3.77. The Morgan fingerprint density at radius 1 is 0.595 bits per heavy atom. The summed E-state index contributed by atoms with van der Waals surface area (Å²) in [6, 6.07) is 40.5. The summed E-state index contributed by atoms with van der Waals surface area (Å²) in [6.07, 6.45) is 0.338. The molecule has 8 heteroatoms. The second-order valence-electron chi connectivity index (χ2n) is 9.93. The molecule has 2 atom stereocenters. The smallest absolute Gasteiger partial charge is 0.264 e. The molecular formula is C34H38O5S3. The average Bonchev–Trinajstić information content (AvgIpc) is 3.01. The molecule has 4 aromatic rings. The first-order chi connectivity index (χ1) is 20.4. The Balaban J connectivity index is 1.53. The molecule has 0 unspecified atom stereocenters. The number of benzene rings is 4. The van der Waals surface area contributed by atoms with Crippen LogP contribution in [0.2, 0.25) is 0 Å². The van der Waals surface area contributed by atoms with Crippen LogP contribution in [0.25, 0.3) is 0 Å². The average molecular weight is 623 g/mol. The van der Waals surface area contributed by atoms with Crippen LogP contribution in [-0.4, -0.2) is 38.1 Å². The Kier molecular flexibility index (Phi) is 13.5. The summed E-state index contributed by atoms with van der Waals surface area (Å²) in [5.41, 5.74) is 4.50. The number of rotatable bonds is 18. The lowest BCUT2D eigenvalue weighted by Gasteiger charge is -2.29. The van der Waals surface area contributed by atoms with Crippen LogP contribution in [0.3, 0.4) is 0 Å². The highest BCUT2D eigenvalue weighted by molar-refractivity contribution is 8.16. The molecule has 0 aromatic heterocycles. The van der Waals surface area contributed by atoms with Crippen LogP contribution < -0.4 is 0 Å². The molecule has 0 aliphatic carbocycles. The molecule has 0 heterocycles. The molecule has 0 bridgehead atoms. The van der Waals surface area contributed by atoms with E-state index >= 15 is 0 Å². The predicted octanol–water partition coefficient (Wildman–Crippen LogP) is 7.72. The molecule has 0 N–H and O–H groups in total. The molecule has 0 amide bonds. The summed E-state index contributed by atoms with van der Waals surface area (Å²) in [5, 5.41) is 0. The van der Waals surface area contributed by atoms with Gasteiger partial charge < -0.3 is 9.47 Å². The van der Waals surface area contributed by atoms with Gasteiger partial charge in [-0.3, -0.25) is 4.18 Å². The first kappa shape index (κ1) is 32.3. The van der Waals surface area contributed by atoms with Gasteiger partial charge in [-0.05, 0) is 28.7 Å². The largest absolute Gasteiger partial charge is 0.374 e. The van der Waals surface area contributed by atoms with E-state index in [0.717, 1.165) is 28.9 Å². The van der Waals surface area contributed by atoms with Crippen molar-refractivity contribution in [3.63, 3.8) is 0 Å². The molecule has 5 nitrogen and oxygen atoms in total. The topological polar surface area (TPSA) is 61.8 Å². The molecule has 0 saturated heterocycles. The van der Waals surface area contributed by atoms with Gasteiger partial charge in [0.2, 0.25) is 0 Å². The highest BCUT2D eigenvalue weighted by Gasteiger charge is 2.30. The van der Waals surface area contributed by atoms with E-state index in [4.69, 9.17) is 13.7 Å². The third-order valence-corrected chi connectivity index (χ3v) is 9.94. The Labute approximate surface area is 259 Å². The summed E-state index contributed by atoms with van der Waals surface area (Å²) < 4.78 is 43.1. The van der Waals surface area contributed by atoms with E-state index in [9.17, 15) is 8.42 Å². The van der Waals surface area contributed by atoms with Crippen molar-refractivity contribution in [1.29, 1.82) is 0 Å². The first-order valence-corrected chi connectivity index (χ1v) is 17.8. The molecule has 0 spiro atoms. The highest BCUT2D eigenvalue weighted by atomic mass is 32.2. The van der Waals surface area contributed by atoms with Gasteiger partial charge in [0.05, 0.1) is 36.8 Å². The maximum Gasteiger partial charge on any atom is 0.264 e. The van der Waals surface area contributed by atoms with Crippen molar-refractivity contribution in [3.8, 4) is 0 Å². The van der Waals surface area contributed by atoms with Gasteiger partial charge >= 0.3 is 0 Å². The van der Waals surface area contributed by atoms with E-state index in [1.165, 1.54) is 11.1 Å². The lowest BCUT2D eigenvalue weighted by atomic mass is 10.1. The third kappa shape index (κ3) is 12.3. The second-order valence-corrected chi connectivity index (χ2v) is 14.2. The van der Waals surface area contributed by atoms with Crippen LogP contribution in [0.4, 0.5) is 0 Å². The minimum Gasteiger partial charge on any atom is -0.374 e. The molecule has 0 aliphatic rings. The lowest BCUT2D eigenvalue weighted by molar-refractivity contribution is -0.0686. The maximum absolute atomic E-state index is 12.4. The van der Waals surface area contributed by atoms with Crippen molar-refractivity contribution in [2.45, 2.75) is 47.9 Å². The number of thioether (sulfide) groups is 2. The summed E-state index contributed by atoms with van der Waals surface area (Å²) in [4.78, 5) is 0. The fraction of sp³-hybridized carbons (Fsp3) is 0.294. The van der Waals surface area contributed by atoms with Gasteiger partial charge in [-0.25, -0.2) is 0 Å². The zero-order valence-electron chi connectivity index (χ0n) is 23.8. The van der Waals surface area contributed by atoms with Crippen molar-refractivity contribution >= 4 is 33.6 Å². The Morgan fingerprint density at radius 3 is 1.48 bits per heavy atom. The fourth-order valence-corrected chi connectivity index (χ4v) is 7.51. The van der Waals surface area contributed by atoms with E-state index in [1.54, 1.807) is 0 Å². The summed E-state index contributed by atoms with van der Waals surface area (Å²) >= 11 is 3.67. The zero-order valence-corrected chi connectivity index (χ0v) is 26.2. The molecule has 0 radical (unpaired) electrons. The van der Waals surface area contributed by atoms with E-state index in [-0.39, 0.29) is 11.2 Å². The molecule has 4 aromatic carbocycles. The van der Waals surface area contributed by atoms with Crippen LogP contribution >= 0.6 is 23.5 Å². The first-order valence-electron chi connectivity index (χ1n) is 13.9. The van der Waals surface area contributed by atoms with Gasteiger partial charge in [0.15, 0.2) is 0 Å². The SMILES string of the molecule is CS(=O)(=O)O[C@@H](COCc1ccccc1)[C@H](CC(SCc1ccccc1)SCc1ccccc1)OCc1ccccc1. The van der Waals surface area contributed by atoms with Gasteiger partial charge in [-0.15, -0.1) is 23.5 Å². The van der Waals surface area contributed by atoms with Gasteiger partial charge in [0, 0.05) is 11.5 Å². The molecule has 0 saturated carbocycles. The maximum atomic E-state index is 12.4. The predicted molar refractivity (Wildman–Crippen MR) is 175 cm³/mol. The summed E-state index contributed by atoms with van der Waals surface area (Å²) in [7, 11) is -3.77. The number of hydrogen-bond acceptors (Lipinski definition) is 7. The van der Waals surface area contributed by atoms with Crippen molar-refractivity contribution in [2.24, 2.45) is 0 Å². The molecule has 4 rings (SSSR count). The Hall–Kier alpha value is -2.59. The van der Waals surface area contributed by atoms with Crippen LogP contribution in [0.15, 0.2) is 121 Å². The van der Waals surface area contributed by atoms with Gasteiger partial charge in [-0.1, -0.05) is 121 Å². The van der Waals surface area contributed by atoms with Crippen molar-refractivity contribution < 1.29 is 22.1 Å². The van der Waals surface area contributed by atoms with Crippen molar-refractivity contribution in [2.75, 3.05) is 12.9 Å². The number of ether oxygens (including phenoxy) is 2. The van der Waals surface area contributed by atoms with E-state index in [1.807, 2.05) is 121 Å². The molecule has 0 fully saturated rings. The zero-order chi connectivity index (χ0) is 29.5. The number of hydrogen-bond donors (Lipinski definition) is 0. The minimum absolute atomic E-state index is 0.0842. The van der Waals surface area contributed by atoms with Gasteiger partial charge in [0.25, 0.3) is 10.1 Å². The standard InChI is InChI=1S/C34H38O5S3/c1-42(35,36)39-33(25-37-23-28-14-6-2-7-15-28)32(38-24-29-16-8-3-9-17-29)22-34(40-26-30-18-10-4-11-19-30)41-27-31-20-12-5-13-21-31/h2-21,32-34H,22-27H2,1H3/t32-,33-/m0/s1. The van der Waals surface area contributed by atoms with E-state index in [0.29, 0.717) is 19.6 Å². The van der Waals surface area contributed by atoms with Crippen LogP contribution in [0, 0.1) is 0 Å². The normalized spacial score (nSPS) is 13.2. The van der Waals surface area contributed by atoms with Gasteiger partial charge in [-0.2, -0.15) is 8.42 Å². The van der Waals surface area contributed by atoms with Crippen molar-refractivity contribution in [1.82, 2.24) is 0 Å². The Bertz CT molecular complexity index is 1350. The molecule has 222 valence electrons. The molecular weight excluding hydrogens is 585 g/mol. The highest BCUT2D eigenvalue weighted by Crippen LogP contribution is 2.35. The van der Waals surface area contributed by atoms with Crippen molar-refractivity contribution in [3.05, 3.63) is 144 Å². The summed E-state index contributed by atoms with van der Waals surface area (Å²) in [6.45, 7) is 0.777. The fourth-order valence-electron chi connectivity index (χ4n) is 4.29. The third-order valence-electron chi connectivity index (χ3n) is 6.40. The van der Waals surface area contributed by atoms with Crippen LogP contribution in [-0.2, 0) is 48.5 Å². The molecule has 42 heavy (non-hydrogen) atoms. The van der Waals surface area contributed by atoms with Gasteiger partial charge in [0.1, 0.15) is 6.10 Å². The molecule has 0 aliphatic heterocycles.